The summed E-state index contributed by atoms with van der Waals surface area (Å²) in [6.45, 7) is 3.34. The zero-order chi connectivity index (χ0) is 23.6. The van der Waals surface area contributed by atoms with Crippen molar-refractivity contribution in [2.45, 2.75) is 18.7 Å². The summed E-state index contributed by atoms with van der Waals surface area (Å²) in [5, 5.41) is 3.20. The van der Waals surface area contributed by atoms with Gasteiger partial charge in [0.25, 0.3) is 15.9 Å². The van der Waals surface area contributed by atoms with Crippen LogP contribution in [0.25, 0.3) is 10.6 Å². The molecule has 0 aliphatic heterocycles. The van der Waals surface area contributed by atoms with Crippen LogP contribution in [0.3, 0.4) is 0 Å². The van der Waals surface area contributed by atoms with Crippen LogP contribution in [0.15, 0.2) is 71.8 Å². The predicted octanol–water partition coefficient (Wildman–Crippen LogP) is 5.01. The zero-order valence-electron chi connectivity index (χ0n) is 17.7. The van der Waals surface area contributed by atoms with Crippen LogP contribution in [0.1, 0.15) is 21.6 Å². The van der Waals surface area contributed by atoms with E-state index in [2.05, 4.69) is 20.0 Å². The summed E-state index contributed by atoms with van der Waals surface area (Å²) in [5.41, 5.74) is 2.38. The SMILES string of the molecule is Cc1cc(S(=O)(=O)Nc2ccc(C(=O)Nc3nc(C)c(-c4ccccn4)s3)cc2)ccc1F. The fraction of sp³-hybridized carbons (Fsp3) is 0.0870. The highest BCUT2D eigenvalue weighted by atomic mass is 32.2. The van der Waals surface area contributed by atoms with E-state index in [0.717, 1.165) is 22.3 Å². The maximum Gasteiger partial charge on any atom is 0.261 e. The van der Waals surface area contributed by atoms with Crippen molar-refractivity contribution in [3.05, 3.63) is 89.5 Å². The van der Waals surface area contributed by atoms with E-state index in [9.17, 15) is 17.6 Å². The minimum absolute atomic E-state index is 0.0499. The van der Waals surface area contributed by atoms with E-state index in [1.807, 2.05) is 25.1 Å². The molecule has 0 saturated carbocycles. The van der Waals surface area contributed by atoms with Gasteiger partial charge >= 0.3 is 0 Å². The van der Waals surface area contributed by atoms with E-state index in [4.69, 9.17) is 0 Å². The van der Waals surface area contributed by atoms with Crippen molar-refractivity contribution in [3.63, 3.8) is 0 Å². The number of thiazole rings is 1. The fourth-order valence-corrected chi connectivity index (χ4v) is 5.12. The molecule has 2 heterocycles. The van der Waals surface area contributed by atoms with Crippen molar-refractivity contribution in [1.29, 1.82) is 0 Å². The summed E-state index contributed by atoms with van der Waals surface area (Å²) in [6, 6.07) is 15.1. The number of aryl methyl sites for hydroxylation is 2. The van der Waals surface area contributed by atoms with E-state index >= 15 is 0 Å². The van der Waals surface area contributed by atoms with E-state index in [1.165, 1.54) is 54.7 Å². The normalized spacial score (nSPS) is 11.2. The smallest absolute Gasteiger partial charge is 0.261 e. The number of amides is 1. The third-order valence-corrected chi connectivity index (χ3v) is 7.23. The van der Waals surface area contributed by atoms with Gasteiger partial charge in [-0.15, -0.1) is 0 Å². The molecule has 4 aromatic rings. The van der Waals surface area contributed by atoms with Gasteiger partial charge < -0.3 is 0 Å². The monoisotopic (exact) mass is 482 g/mol. The minimum atomic E-state index is -3.89. The van der Waals surface area contributed by atoms with Gasteiger partial charge in [-0.05, 0) is 74.0 Å². The molecular formula is C23H19FN4O3S2. The molecule has 2 aromatic heterocycles. The van der Waals surface area contributed by atoms with Crippen LogP contribution in [0.4, 0.5) is 15.2 Å². The second kappa shape index (κ2) is 9.08. The van der Waals surface area contributed by atoms with Crippen LogP contribution in [0, 0.1) is 19.7 Å². The van der Waals surface area contributed by atoms with E-state index in [-0.39, 0.29) is 22.1 Å². The van der Waals surface area contributed by atoms with Gasteiger partial charge in [0.1, 0.15) is 5.82 Å². The number of pyridine rings is 1. The van der Waals surface area contributed by atoms with Gasteiger partial charge in [-0.3, -0.25) is 19.8 Å². The topological polar surface area (TPSA) is 101 Å². The van der Waals surface area contributed by atoms with Crippen molar-refractivity contribution in [2.75, 3.05) is 10.0 Å². The second-order valence-electron chi connectivity index (χ2n) is 7.20. The van der Waals surface area contributed by atoms with Gasteiger partial charge in [-0.25, -0.2) is 17.8 Å². The number of aromatic nitrogens is 2. The molecule has 0 bridgehead atoms. The van der Waals surface area contributed by atoms with Crippen LogP contribution < -0.4 is 10.0 Å². The number of halogens is 1. The zero-order valence-corrected chi connectivity index (χ0v) is 19.3. The van der Waals surface area contributed by atoms with Crippen LogP contribution >= 0.6 is 11.3 Å². The van der Waals surface area contributed by atoms with Gasteiger partial charge in [0.05, 0.1) is 21.2 Å². The number of carbonyl (C=O) groups excluding carboxylic acids is 1. The Hall–Kier alpha value is -3.63. The lowest BCUT2D eigenvalue weighted by atomic mass is 10.2. The van der Waals surface area contributed by atoms with Crippen molar-refractivity contribution in [1.82, 2.24) is 9.97 Å². The number of rotatable bonds is 6. The number of carbonyl (C=O) groups is 1. The summed E-state index contributed by atoms with van der Waals surface area (Å²) < 4.78 is 41.0. The Labute approximate surface area is 194 Å². The minimum Gasteiger partial charge on any atom is -0.298 e. The first-order valence-electron chi connectivity index (χ1n) is 9.82. The molecule has 0 unspecified atom stereocenters. The van der Waals surface area contributed by atoms with Crippen molar-refractivity contribution in [3.8, 4) is 10.6 Å². The number of benzene rings is 2. The fourth-order valence-electron chi connectivity index (χ4n) is 3.04. The Kier molecular flexibility index (Phi) is 6.21. The average molecular weight is 483 g/mol. The summed E-state index contributed by atoms with van der Waals surface area (Å²) in [7, 11) is -3.89. The van der Waals surface area contributed by atoms with Crippen LogP contribution in [-0.4, -0.2) is 24.3 Å². The first kappa shape index (κ1) is 22.6. The highest BCUT2D eigenvalue weighted by Crippen LogP contribution is 2.31. The Balaban J connectivity index is 1.46. The standard InChI is InChI=1S/C23H19FN4O3S2/c1-14-13-18(10-11-19(14)24)33(30,31)28-17-8-6-16(7-9-17)22(29)27-23-26-15(2)21(32-23)20-5-3-4-12-25-20/h3-13,28H,1-2H3,(H,26,27,29). The molecule has 0 spiro atoms. The molecule has 0 atom stereocenters. The quantitative estimate of drug-likeness (QED) is 0.402. The molecule has 2 N–H and O–H groups in total. The number of anilines is 2. The molecule has 0 aliphatic carbocycles. The lowest BCUT2D eigenvalue weighted by molar-refractivity contribution is 0.102. The lowest BCUT2D eigenvalue weighted by Crippen LogP contribution is -2.14. The Bertz CT molecular complexity index is 1420. The first-order chi connectivity index (χ1) is 15.7. The van der Waals surface area contributed by atoms with Crippen LogP contribution in [0.5, 0.6) is 0 Å². The van der Waals surface area contributed by atoms with Crippen molar-refractivity contribution >= 4 is 38.1 Å². The maximum absolute atomic E-state index is 13.4. The number of hydrogen-bond acceptors (Lipinski definition) is 6. The molecule has 7 nitrogen and oxygen atoms in total. The Morgan fingerprint density at radius 1 is 1.03 bits per heavy atom. The molecule has 1 amide bonds. The predicted molar refractivity (Wildman–Crippen MR) is 126 cm³/mol. The molecule has 10 heteroatoms. The van der Waals surface area contributed by atoms with Gasteiger partial charge in [0.2, 0.25) is 0 Å². The van der Waals surface area contributed by atoms with Gasteiger partial charge in [0.15, 0.2) is 5.13 Å². The molecule has 0 aliphatic rings. The number of nitrogens with one attached hydrogen (secondary N) is 2. The van der Waals surface area contributed by atoms with Gasteiger partial charge in [-0.1, -0.05) is 17.4 Å². The molecule has 33 heavy (non-hydrogen) atoms. The largest absolute Gasteiger partial charge is 0.298 e. The first-order valence-corrected chi connectivity index (χ1v) is 12.1. The van der Waals surface area contributed by atoms with Crippen LogP contribution in [0.2, 0.25) is 0 Å². The highest BCUT2D eigenvalue weighted by Gasteiger charge is 2.17. The second-order valence-corrected chi connectivity index (χ2v) is 9.88. The molecular weight excluding hydrogens is 463 g/mol. The Morgan fingerprint density at radius 2 is 1.79 bits per heavy atom. The molecule has 168 valence electrons. The summed E-state index contributed by atoms with van der Waals surface area (Å²) in [5.74, 6) is -0.855. The summed E-state index contributed by atoms with van der Waals surface area (Å²) in [6.07, 6.45) is 1.69. The Morgan fingerprint density at radius 3 is 2.45 bits per heavy atom. The van der Waals surface area contributed by atoms with E-state index in [0.29, 0.717) is 10.7 Å². The van der Waals surface area contributed by atoms with E-state index < -0.39 is 15.8 Å². The summed E-state index contributed by atoms with van der Waals surface area (Å²) >= 11 is 1.32. The molecule has 0 radical (unpaired) electrons. The van der Waals surface area contributed by atoms with Gasteiger partial charge in [0, 0.05) is 17.4 Å². The maximum atomic E-state index is 13.4. The molecule has 0 fully saturated rings. The lowest BCUT2D eigenvalue weighted by Gasteiger charge is -2.10. The number of nitrogens with zero attached hydrogens (tertiary/aromatic N) is 2. The number of sulfonamides is 1. The average Bonchev–Trinajstić information content (AvgIpc) is 3.16. The highest BCUT2D eigenvalue weighted by molar-refractivity contribution is 7.92. The molecule has 0 saturated heterocycles. The van der Waals surface area contributed by atoms with Crippen LogP contribution in [-0.2, 0) is 10.0 Å². The van der Waals surface area contributed by atoms with Crippen molar-refractivity contribution < 1.29 is 17.6 Å². The van der Waals surface area contributed by atoms with E-state index in [1.54, 1.807) is 6.20 Å². The third kappa shape index (κ3) is 5.07. The third-order valence-electron chi connectivity index (χ3n) is 4.75. The van der Waals surface area contributed by atoms with Crippen molar-refractivity contribution in [2.24, 2.45) is 0 Å². The molecule has 2 aromatic carbocycles. The molecule has 4 rings (SSSR count). The number of hydrogen-bond donors (Lipinski definition) is 2. The van der Waals surface area contributed by atoms with Gasteiger partial charge in [-0.2, -0.15) is 0 Å². The summed E-state index contributed by atoms with van der Waals surface area (Å²) in [4.78, 5) is 22.1.